The van der Waals surface area contributed by atoms with Crippen LogP contribution in [0.5, 0.6) is 0 Å². The van der Waals surface area contributed by atoms with Crippen LogP contribution in [0.3, 0.4) is 0 Å². The Kier molecular flexibility index (Phi) is 7.45. The van der Waals surface area contributed by atoms with Gasteiger partial charge in [-0.05, 0) is 42.9 Å². The van der Waals surface area contributed by atoms with Gasteiger partial charge in [-0.25, -0.2) is 0 Å². The van der Waals surface area contributed by atoms with E-state index in [1.165, 1.54) is 52.4 Å². The summed E-state index contributed by atoms with van der Waals surface area (Å²) in [5.41, 5.74) is 3.15. The van der Waals surface area contributed by atoms with Crippen molar-refractivity contribution in [3.8, 4) is 0 Å². The molecule has 0 N–H and O–H groups in total. The fourth-order valence-electron chi connectivity index (χ4n) is 4.67. The smallest absolute Gasteiger partial charge is 0.343 e. The molecule has 2 aliphatic rings. The second kappa shape index (κ2) is 10.1. The molecule has 0 unspecified atom stereocenters. The molecule has 10 heteroatoms. The highest BCUT2D eigenvalue weighted by Crippen LogP contribution is 2.28. The Hall–Kier alpha value is -1.91. The largest absolute Gasteiger partial charge is 0.390 e. The van der Waals surface area contributed by atoms with Gasteiger partial charge in [0.15, 0.2) is 5.69 Å². The van der Waals surface area contributed by atoms with Crippen molar-refractivity contribution in [1.82, 2.24) is 24.5 Å². The number of nitrogens with zero attached hydrogens (tertiary/aromatic N) is 5. The van der Waals surface area contributed by atoms with Crippen molar-refractivity contribution in [2.24, 2.45) is 0 Å². The fourth-order valence-corrected chi connectivity index (χ4v) is 5.59. The number of amides is 1. The SMILES string of the molecule is CN(C)C(=O)c1nn(CCC(F)(F)F)c2c1CN(Cc1cc(CN3CCCCC3)cs1)CC2. The van der Waals surface area contributed by atoms with E-state index in [1.54, 1.807) is 25.4 Å². The van der Waals surface area contributed by atoms with Gasteiger partial charge in [-0.3, -0.25) is 19.3 Å². The molecule has 182 valence electrons. The van der Waals surface area contributed by atoms with E-state index in [2.05, 4.69) is 26.3 Å². The first-order chi connectivity index (χ1) is 15.7. The lowest BCUT2D eigenvalue weighted by molar-refractivity contribution is -0.137. The van der Waals surface area contributed by atoms with E-state index < -0.39 is 12.6 Å². The number of carbonyl (C=O) groups excluding carboxylic acids is 1. The molecule has 0 spiro atoms. The van der Waals surface area contributed by atoms with Crippen LogP contribution < -0.4 is 0 Å². The third kappa shape index (κ3) is 6.16. The third-order valence-corrected chi connectivity index (χ3v) is 7.34. The molecule has 6 nitrogen and oxygen atoms in total. The maximum atomic E-state index is 12.8. The monoisotopic (exact) mass is 483 g/mol. The highest BCUT2D eigenvalue weighted by Gasteiger charge is 2.32. The van der Waals surface area contributed by atoms with Gasteiger partial charge in [0.25, 0.3) is 5.91 Å². The molecule has 0 bridgehead atoms. The van der Waals surface area contributed by atoms with Crippen LogP contribution in [0.1, 0.15) is 57.9 Å². The van der Waals surface area contributed by atoms with Crippen molar-refractivity contribution in [2.45, 2.75) is 64.5 Å². The standard InChI is InChI=1S/C23H32F3N5OS/c1-28(2)22(32)21-19-15-30(10-6-20(19)31(27-21)11-7-23(24,25)26)14-18-12-17(16-33-18)13-29-8-4-3-5-9-29/h12,16H,3-11,13-15H2,1-2H3. The maximum absolute atomic E-state index is 12.8. The number of carbonyl (C=O) groups is 1. The van der Waals surface area contributed by atoms with E-state index >= 15 is 0 Å². The van der Waals surface area contributed by atoms with Gasteiger partial charge < -0.3 is 4.90 Å². The quantitative estimate of drug-likeness (QED) is 0.594. The first kappa shape index (κ1) is 24.2. The van der Waals surface area contributed by atoms with Gasteiger partial charge in [0.1, 0.15) is 0 Å². The molecule has 0 saturated carbocycles. The zero-order valence-corrected chi connectivity index (χ0v) is 20.1. The van der Waals surface area contributed by atoms with Gasteiger partial charge in [-0.15, -0.1) is 11.3 Å². The summed E-state index contributed by atoms with van der Waals surface area (Å²) in [4.78, 5) is 20.2. The number of rotatable bonds is 7. The van der Waals surface area contributed by atoms with Crippen LogP contribution in [-0.2, 0) is 32.6 Å². The number of halogens is 3. The molecule has 0 atom stereocenters. The van der Waals surface area contributed by atoms with Crippen LogP contribution in [0.15, 0.2) is 11.4 Å². The average molecular weight is 484 g/mol. The van der Waals surface area contributed by atoms with Crippen molar-refractivity contribution in [3.05, 3.63) is 38.8 Å². The zero-order chi connectivity index (χ0) is 23.6. The molecule has 1 saturated heterocycles. The predicted octanol–water partition coefficient (Wildman–Crippen LogP) is 4.14. The summed E-state index contributed by atoms with van der Waals surface area (Å²) in [7, 11) is 3.28. The Balaban J connectivity index is 1.45. The number of alkyl halides is 3. The number of piperidine rings is 1. The van der Waals surface area contributed by atoms with Crippen molar-refractivity contribution in [3.63, 3.8) is 0 Å². The summed E-state index contributed by atoms with van der Waals surface area (Å²) in [5, 5.41) is 6.55. The van der Waals surface area contributed by atoms with Crippen molar-refractivity contribution in [1.29, 1.82) is 0 Å². The summed E-state index contributed by atoms with van der Waals surface area (Å²) in [6.07, 6.45) is -0.735. The third-order valence-electron chi connectivity index (χ3n) is 6.37. The lowest BCUT2D eigenvalue weighted by Crippen LogP contribution is -2.32. The Bertz CT molecular complexity index is 962. The Morgan fingerprint density at radius 3 is 2.58 bits per heavy atom. The Morgan fingerprint density at radius 2 is 1.88 bits per heavy atom. The molecule has 0 aromatic carbocycles. The van der Waals surface area contributed by atoms with Crippen LogP contribution in [0.2, 0.25) is 0 Å². The molecule has 2 aliphatic heterocycles. The Labute approximate surface area is 197 Å². The summed E-state index contributed by atoms with van der Waals surface area (Å²) in [5.74, 6) is -0.265. The number of hydrogen-bond acceptors (Lipinski definition) is 5. The van der Waals surface area contributed by atoms with Crippen molar-refractivity contribution >= 4 is 17.2 Å². The molecular formula is C23H32F3N5OS. The molecule has 2 aromatic heterocycles. The van der Waals surface area contributed by atoms with Gasteiger partial charge >= 0.3 is 6.18 Å². The minimum atomic E-state index is -4.25. The average Bonchev–Trinajstić information content (AvgIpc) is 3.36. The molecule has 0 radical (unpaired) electrons. The number of thiophene rings is 1. The Morgan fingerprint density at radius 1 is 1.12 bits per heavy atom. The molecular weight excluding hydrogens is 451 g/mol. The van der Waals surface area contributed by atoms with Gasteiger partial charge in [0, 0.05) is 69.4 Å². The van der Waals surface area contributed by atoms with E-state index in [9.17, 15) is 18.0 Å². The van der Waals surface area contributed by atoms with E-state index in [0.717, 1.165) is 30.9 Å². The molecule has 0 aliphatic carbocycles. The van der Waals surface area contributed by atoms with Crippen molar-refractivity contribution in [2.75, 3.05) is 33.7 Å². The molecule has 4 heterocycles. The van der Waals surface area contributed by atoms with Crippen LogP contribution in [0.4, 0.5) is 13.2 Å². The molecule has 1 amide bonds. The molecule has 2 aromatic rings. The van der Waals surface area contributed by atoms with Crippen LogP contribution >= 0.6 is 11.3 Å². The number of likely N-dealkylation sites (tertiary alicyclic amines) is 1. The lowest BCUT2D eigenvalue weighted by Gasteiger charge is -2.27. The minimum absolute atomic E-state index is 0.253. The summed E-state index contributed by atoms with van der Waals surface area (Å²) in [6, 6.07) is 2.27. The van der Waals surface area contributed by atoms with Gasteiger partial charge in [-0.1, -0.05) is 6.42 Å². The normalized spacial score (nSPS) is 17.8. The zero-order valence-electron chi connectivity index (χ0n) is 19.3. The highest BCUT2D eigenvalue weighted by molar-refractivity contribution is 7.10. The van der Waals surface area contributed by atoms with Crippen LogP contribution in [0, 0.1) is 0 Å². The number of fused-ring (bicyclic) bond motifs is 1. The number of hydrogen-bond donors (Lipinski definition) is 0. The second-order valence-corrected chi connectivity index (χ2v) is 10.3. The lowest BCUT2D eigenvalue weighted by atomic mass is 10.0. The molecule has 4 rings (SSSR count). The van der Waals surface area contributed by atoms with Gasteiger partial charge in [0.05, 0.1) is 6.42 Å². The molecule has 1 fully saturated rings. The van der Waals surface area contributed by atoms with E-state index in [0.29, 0.717) is 13.0 Å². The van der Waals surface area contributed by atoms with E-state index in [-0.39, 0.29) is 18.1 Å². The first-order valence-corrected chi connectivity index (χ1v) is 12.5. The fraction of sp³-hybridized carbons (Fsp3) is 0.652. The number of aryl methyl sites for hydroxylation is 1. The molecule has 33 heavy (non-hydrogen) atoms. The van der Waals surface area contributed by atoms with E-state index in [4.69, 9.17) is 0 Å². The van der Waals surface area contributed by atoms with Gasteiger partial charge in [0.2, 0.25) is 0 Å². The van der Waals surface area contributed by atoms with Crippen LogP contribution in [0.25, 0.3) is 0 Å². The second-order valence-electron chi connectivity index (χ2n) is 9.28. The predicted molar refractivity (Wildman–Crippen MR) is 122 cm³/mol. The topological polar surface area (TPSA) is 44.6 Å². The maximum Gasteiger partial charge on any atom is 0.390 e. The first-order valence-electron chi connectivity index (χ1n) is 11.6. The minimum Gasteiger partial charge on any atom is -0.343 e. The van der Waals surface area contributed by atoms with Crippen molar-refractivity contribution < 1.29 is 18.0 Å². The van der Waals surface area contributed by atoms with E-state index in [1.807, 2.05) is 0 Å². The highest BCUT2D eigenvalue weighted by atomic mass is 32.1. The summed E-state index contributed by atoms with van der Waals surface area (Å²) < 4.78 is 39.8. The van der Waals surface area contributed by atoms with Gasteiger partial charge in [-0.2, -0.15) is 18.3 Å². The summed E-state index contributed by atoms with van der Waals surface area (Å²) in [6.45, 7) is 5.11. The summed E-state index contributed by atoms with van der Waals surface area (Å²) >= 11 is 1.76. The number of aromatic nitrogens is 2. The van der Waals surface area contributed by atoms with Crippen LogP contribution in [-0.4, -0.2) is 70.3 Å².